The number of hydrogen-bond donors (Lipinski definition) is 0. The Kier molecular flexibility index (Phi) is 4.58. The van der Waals surface area contributed by atoms with Crippen LogP contribution in [0.25, 0.3) is 22.4 Å². The molecule has 2 saturated heterocycles. The SMILES string of the molecule is O=C(c1cc(-c2ccco2)nc2ccccc12)N1CCCCC1C1OCCO1. The minimum atomic E-state index is -0.332. The van der Waals surface area contributed by atoms with E-state index < -0.39 is 0 Å². The van der Waals surface area contributed by atoms with E-state index in [1.165, 1.54) is 0 Å². The molecule has 2 fully saturated rings. The van der Waals surface area contributed by atoms with Gasteiger partial charge in [-0.25, -0.2) is 4.98 Å². The van der Waals surface area contributed by atoms with E-state index in [-0.39, 0.29) is 18.2 Å². The zero-order chi connectivity index (χ0) is 18.9. The van der Waals surface area contributed by atoms with Crippen molar-refractivity contribution < 1.29 is 18.7 Å². The second-order valence-electron chi connectivity index (χ2n) is 7.22. The van der Waals surface area contributed by atoms with Crippen molar-refractivity contribution in [2.24, 2.45) is 0 Å². The number of aromatic nitrogens is 1. The van der Waals surface area contributed by atoms with Crippen molar-refractivity contribution in [2.45, 2.75) is 31.6 Å². The van der Waals surface area contributed by atoms with Gasteiger partial charge in [0, 0.05) is 11.9 Å². The molecule has 1 atom stereocenters. The molecule has 3 aromatic rings. The number of carbonyl (C=O) groups is 1. The average Bonchev–Trinajstić information content (AvgIpc) is 3.47. The van der Waals surface area contributed by atoms with Gasteiger partial charge >= 0.3 is 0 Å². The Morgan fingerprint density at radius 1 is 1.07 bits per heavy atom. The topological polar surface area (TPSA) is 64.8 Å². The Morgan fingerprint density at radius 3 is 2.75 bits per heavy atom. The van der Waals surface area contributed by atoms with Crippen LogP contribution in [0.1, 0.15) is 29.6 Å². The molecule has 4 heterocycles. The Balaban J connectivity index is 1.58. The summed E-state index contributed by atoms with van der Waals surface area (Å²) < 4.78 is 17.0. The lowest BCUT2D eigenvalue weighted by Crippen LogP contribution is -2.50. The van der Waals surface area contributed by atoms with Crippen molar-refractivity contribution in [2.75, 3.05) is 19.8 Å². The van der Waals surface area contributed by atoms with Crippen molar-refractivity contribution in [1.29, 1.82) is 0 Å². The van der Waals surface area contributed by atoms with Gasteiger partial charge < -0.3 is 18.8 Å². The molecule has 2 aliphatic heterocycles. The molecule has 5 rings (SSSR count). The molecule has 0 bridgehead atoms. The van der Waals surface area contributed by atoms with Crippen LogP contribution < -0.4 is 0 Å². The molecule has 6 nitrogen and oxygen atoms in total. The third kappa shape index (κ3) is 3.08. The first-order valence-corrected chi connectivity index (χ1v) is 9.79. The van der Waals surface area contributed by atoms with E-state index in [9.17, 15) is 4.79 Å². The molecule has 0 aliphatic carbocycles. The number of ether oxygens (including phenoxy) is 2. The largest absolute Gasteiger partial charge is 0.463 e. The predicted octanol–water partition coefficient (Wildman–Crippen LogP) is 3.86. The highest BCUT2D eigenvalue weighted by Crippen LogP contribution is 2.30. The van der Waals surface area contributed by atoms with Crippen molar-refractivity contribution in [3.63, 3.8) is 0 Å². The van der Waals surface area contributed by atoms with Gasteiger partial charge in [0.1, 0.15) is 5.69 Å². The molecule has 0 saturated carbocycles. The van der Waals surface area contributed by atoms with Gasteiger partial charge in [-0.3, -0.25) is 4.79 Å². The van der Waals surface area contributed by atoms with Gasteiger partial charge in [-0.05, 0) is 43.5 Å². The third-order valence-electron chi connectivity index (χ3n) is 5.49. The highest BCUT2D eigenvalue weighted by molar-refractivity contribution is 6.07. The number of carbonyl (C=O) groups excluding carboxylic acids is 1. The smallest absolute Gasteiger partial charge is 0.255 e. The fourth-order valence-corrected chi connectivity index (χ4v) is 4.15. The lowest BCUT2D eigenvalue weighted by Gasteiger charge is -2.38. The normalized spacial score (nSPS) is 20.7. The maximum Gasteiger partial charge on any atom is 0.255 e. The van der Waals surface area contributed by atoms with Gasteiger partial charge in [0.15, 0.2) is 12.1 Å². The Labute approximate surface area is 163 Å². The summed E-state index contributed by atoms with van der Waals surface area (Å²) in [7, 11) is 0. The molecule has 1 amide bonds. The molecule has 6 heteroatoms. The standard InChI is InChI=1S/C22H22N2O4/c25-21(24-10-4-3-8-19(24)22-27-12-13-28-22)16-14-18(20-9-5-11-26-20)23-17-7-2-1-6-15(16)17/h1-2,5-7,9,11,14,19,22H,3-4,8,10,12-13H2. The minimum absolute atomic E-state index is 0.00444. The summed E-state index contributed by atoms with van der Waals surface area (Å²) in [5.74, 6) is 0.646. The molecule has 1 unspecified atom stereocenters. The number of para-hydroxylation sites is 1. The number of nitrogens with zero attached hydrogens (tertiary/aromatic N) is 2. The monoisotopic (exact) mass is 378 g/mol. The van der Waals surface area contributed by atoms with E-state index >= 15 is 0 Å². The number of benzene rings is 1. The van der Waals surface area contributed by atoms with Crippen LogP contribution in [0.3, 0.4) is 0 Å². The van der Waals surface area contributed by atoms with E-state index in [0.29, 0.717) is 36.8 Å². The number of pyridine rings is 1. The number of fused-ring (bicyclic) bond motifs is 1. The zero-order valence-corrected chi connectivity index (χ0v) is 15.5. The second kappa shape index (κ2) is 7.37. The summed E-state index contributed by atoms with van der Waals surface area (Å²) in [6, 6.07) is 13.2. The molecule has 28 heavy (non-hydrogen) atoms. The van der Waals surface area contributed by atoms with Crippen LogP contribution in [-0.4, -0.2) is 47.9 Å². The quantitative estimate of drug-likeness (QED) is 0.692. The Bertz CT molecular complexity index is 979. The van der Waals surface area contributed by atoms with Crippen LogP contribution in [-0.2, 0) is 9.47 Å². The highest BCUT2D eigenvalue weighted by atomic mass is 16.7. The van der Waals surface area contributed by atoms with Crippen molar-refractivity contribution >= 4 is 16.8 Å². The summed E-state index contributed by atoms with van der Waals surface area (Å²) in [6.45, 7) is 1.88. The molecule has 2 aromatic heterocycles. The molecule has 0 radical (unpaired) electrons. The lowest BCUT2D eigenvalue weighted by molar-refractivity contribution is -0.100. The first-order valence-electron chi connectivity index (χ1n) is 9.79. The maximum atomic E-state index is 13.7. The lowest BCUT2D eigenvalue weighted by atomic mass is 9.98. The van der Waals surface area contributed by atoms with Gasteiger partial charge in [-0.2, -0.15) is 0 Å². The summed E-state index contributed by atoms with van der Waals surface area (Å²) in [5.41, 5.74) is 2.08. The summed E-state index contributed by atoms with van der Waals surface area (Å²) in [5, 5.41) is 0.848. The van der Waals surface area contributed by atoms with Crippen LogP contribution in [0.4, 0.5) is 0 Å². The van der Waals surface area contributed by atoms with Gasteiger partial charge in [-0.1, -0.05) is 18.2 Å². The van der Waals surface area contributed by atoms with Crippen molar-refractivity contribution in [1.82, 2.24) is 9.88 Å². The van der Waals surface area contributed by atoms with Crippen LogP contribution in [0.15, 0.2) is 53.1 Å². The number of likely N-dealkylation sites (tertiary alicyclic amines) is 1. The number of amides is 1. The molecular formula is C22H22N2O4. The number of rotatable bonds is 3. The average molecular weight is 378 g/mol. The predicted molar refractivity (Wildman–Crippen MR) is 104 cm³/mol. The number of furan rings is 1. The minimum Gasteiger partial charge on any atom is -0.463 e. The zero-order valence-electron chi connectivity index (χ0n) is 15.5. The van der Waals surface area contributed by atoms with Crippen LogP contribution in [0.5, 0.6) is 0 Å². The summed E-state index contributed by atoms with van der Waals surface area (Å²) in [4.78, 5) is 20.3. The van der Waals surface area contributed by atoms with Crippen LogP contribution in [0.2, 0.25) is 0 Å². The fourth-order valence-electron chi connectivity index (χ4n) is 4.15. The molecular weight excluding hydrogens is 356 g/mol. The van der Waals surface area contributed by atoms with Gasteiger partial charge in [-0.15, -0.1) is 0 Å². The van der Waals surface area contributed by atoms with E-state index in [1.54, 1.807) is 6.26 Å². The van der Waals surface area contributed by atoms with Crippen LogP contribution in [0, 0.1) is 0 Å². The third-order valence-corrected chi connectivity index (χ3v) is 5.49. The van der Waals surface area contributed by atoms with Crippen molar-refractivity contribution in [3.8, 4) is 11.5 Å². The van der Waals surface area contributed by atoms with E-state index in [0.717, 1.165) is 30.2 Å². The molecule has 2 aliphatic rings. The Hall–Kier alpha value is -2.70. The first-order chi connectivity index (χ1) is 13.8. The van der Waals surface area contributed by atoms with Gasteiger partial charge in [0.25, 0.3) is 5.91 Å². The number of piperidine rings is 1. The van der Waals surface area contributed by atoms with E-state index in [4.69, 9.17) is 13.9 Å². The molecule has 0 N–H and O–H groups in total. The highest BCUT2D eigenvalue weighted by Gasteiger charge is 2.37. The molecule has 144 valence electrons. The van der Waals surface area contributed by atoms with Crippen molar-refractivity contribution in [3.05, 3.63) is 54.3 Å². The molecule has 1 aromatic carbocycles. The first kappa shape index (κ1) is 17.4. The fraction of sp³-hybridized carbons (Fsp3) is 0.364. The molecule has 0 spiro atoms. The maximum absolute atomic E-state index is 13.7. The van der Waals surface area contributed by atoms with E-state index in [1.807, 2.05) is 47.4 Å². The second-order valence-corrected chi connectivity index (χ2v) is 7.22. The van der Waals surface area contributed by atoms with E-state index in [2.05, 4.69) is 4.98 Å². The summed E-state index contributed by atoms with van der Waals surface area (Å²) >= 11 is 0. The van der Waals surface area contributed by atoms with Gasteiger partial charge in [0.05, 0.1) is 36.6 Å². The number of hydrogen-bond acceptors (Lipinski definition) is 5. The Morgan fingerprint density at radius 2 is 1.93 bits per heavy atom. The van der Waals surface area contributed by atoms with Gasteiger partial charge in [0.2, 0.25) is 0 Å². The van der Waals surface area contributed by atoms with Crippen LogP contribution >= 0.6 is 0 Å². The summed E-state index contributed by atoms with van der Waals surface area (Å²) in [6.07, 6.45) is 4.24.